The fourth-order valence-electron chi connectivity index (χ4n) is 3.20. The molecule has 1 saturated carbocycles. The van der Waals surface area contributed by atoms with Gasteiger partial charge < -0.3 is 10.4 Å². The molecule has 0 aromatic heterocycles. The van der Waals surface area contributed by atoms with E-state index in [-0.39, 0.29) is 11.8 Å². The molecule has 0 heterocycles. The SMILES string of the molecule is C/C=C/CC(NC(=O)C1CCC(c2ccccc2)CC1)C(=O)O. The number of carboxylic acid groups (broad SMARTS) is 1. The van der Waals surface area contributed by atoms with Crippen LogP contribution < -0.4 is 5.32 Å². The minimum atomic E-state index is -0.977. The molecule has 1 unspecified atom stereocenters. The van der Waals surface area contributed by atoms with Crippen LogP contribution in [0.25, 0.3) is 0 Å². The zero-order chi connectivity index (χ0) is 16.7. The maximum Gasteiger partial charge on any atom is 0.326 e. The Hall–Kier alpha value is -2.10. The van der Waals surface area contributed by atoms with Crippen molar-refractivity contribution in [1.82, 2.24) is 5.32 Å². The van der Waals surface area contributed by atoms with Crippen molar-refractivity contribution in [2.45, 2.75) is 51.0 Å². The topological polar surface area (TPSA) is 66.4 Å². The smallest absolute Gasteiger partial charge is 0.326 e. The van der Waals surface area contributed by atoms with E-state index in [9.17, 15) is 14.7 Å². The number of rotatable bonds is 6. The molecular weight excluding hydrogens is 290 g/mol. The summed E-state index contributed by atoms with van der Waals surface area (Å²) in [6.45, 7) is 1.84. The summed E-state index contributed by atoms with van der Waals surface area (Å²) in [7, 11) is 0. The molecule has 1 aliphatic carbocycles. The van der Waals surface area contributed by atoms with Crippen LogP contribution in [0.2, 0.25) is 0 Å². The van der Waals surface area contributed by atoms with Crippen molar-refractivity contribution in [3.05, 3.63) is 48.0 Å². The van der Waals surface area contributed by atoms with Crippen LogP contribution in [0.5, 0.6) is 0 Å². The van der Waals surface area contributed by atoms with Gasteiger partial charge in [0.1, 0.15) is 6.04 Å². The number of amides is 1. The number of carboxylic acids is 1. The minimum absolute atomic E-state index is 0.0672. The van der Waals surface area contributed by atoms with E-state index < -0.39 is 12.0 Å². The van der Waals surface area contributed by atoms with Gasteiger partial charge in [0.05, 0.1) is 0 Å². The van der Waals surface area contributed by atoms with Gasteiger partial charge in [-0.15, -0.1) is 0 Å². The van der Waals surface area contributed by atoms with Crippen LogP contribution in [0.4, 0.5) is 0 Å². The van der Waals surface area contributed by atoms with Crippen molar-refractivity contribution < 1.29 is 14.7 Å². The molecule has 4 heteroatoms. The first-order valence-corrected chi connectivity index (χ1v) is 8.31. The number of hydrogen-bond donors (Lipinski definition) is 2. The van der Waals surface area contributed by atoms with Crippen molar-refractivity contribution in [3.8, 4) is 0 Å². The summed E-state index contributed by atoms with van der Waals surface area (Å²) < 4.78 is 0. The molecule has 0 radical (unpaired) electrons. The Morgan fingerprint density at radius 3 is 2.43 bits per heavy atom. The third-order valence-corrected chi connectivity index (χ3v) is 4.59. The molecule has 1 atom stereocenters. The van der Waals surface area contributed by atoms with E-state index in [1.165, 1.54) is 5.56 Å². The van der Waals surface area contributed by atoms with Gasteiger partial charge in [-0.25, -0.2) is 4.79 Å². The highest BCUT2D eigenvalue weighted by molar-refractivity contribution is 5.85. The van der Waals surface area contributed by atoms with Gasteiger partial charge in [0.25, 0.3) is 0 Å². The van der Waals surface area contributed by atoms with Gasteiger partial charge in [0, 0.05) is 5.92 Å². The Bertz CT molecular complexity index is 545. The van der Waals surface area contributed by atoms with E-state index in [1.54, 1.807) is 12.2 Å². The number of carbonyl (C=O) groups is 2. The molecule has 1 aromatic carbocycles. The normalized spacial score (nSPS) is 22.7. The first-order valence-electron chi connectivity index (χ1n) is 8.31. The molecule has 2 rings (SSSR count). The summed E-state index contributed by atoms with van der Waals surface area (Å²) in [5.41, 5.74) is 1.34. The maximum absolute atomic E-state index is 12.3. The second kappa shape index (κ2) is 8.51. The molecule has 1 fully saturated rings. The van der Waals surface area contributed by atoms with Crippen LogP contribution in [0.3, 0.4) is 0 Å². The quantitative estimate of drug-likeness (QED) is 0.790. The fraction of sp³-hybridized carbons (Fsp3) is 0.474. The summed E-state index contributed by atoms with van der Waals surface area (Å²) in [6, 6.07) is 9.56. The van der Waals surface area contributed by atoms with Crippen LogP contribution >= 0.6 is 0 Å². The Morgan fingerprint density at radius 1 is 1.22 bits per heavy atom. The zero-order valence-corrected chi connectivity index (χ0v) is 13.6. The van der Waals surface area contributed by atoms with Gasteiger partial charge in [-0.2, -0.15) is 0 Å². The van der Waals surface area contributed by atoms with E-state index in [4.69, 9.17) is 0 Å². The lowest BCUT2D eigenvalue weighted by Crippen LogP contribution is -2.44. The molecule has 2 N–H and O–H groups in total. The number of aliphatic carboxylic acids is 1. The molecule has 0 saturated heterocycles. The molecule has 124 valence electrons. The summed E-state index contributed by atoms with van der Waals surface area (Å²) in [6.07, 6.45) is 7.50. The molecule has 1 aromatic rings. The largest absolute Gasteiger partial charge is 0.480 e. The summed E-state index contributed by atoms with van der Waals surface area (Å²) in [5.74, 6) is -0.649. The van der Waals surface area contributed by atoms with Crippen molar-refractivity contribution in [2.75, 3.05) is 0 Å². The van der Waals surface area contributed by atoms with Crippen molar-refractivity contribution in [3.63, 3.8) is 0 Å². The Morgan fingerprint density at radius 2 is 1.87 bits per heavy atom. The van der Waals surface area contributed by atoms with Gasteiger partial charge in [0.15, 0.2) is 0 Å². The average Bonchev–Trinajstić information content (AvgIpc) is 2.59. The second-order valence-electron chi connectivity index (χ2n) is 6.16. The zero-order valence-electron chi connectivity index (χ0n) is 13.6. The molecule has 23 heavy (non-hydrogen) atoms. The molecule has 0 spiro atoms. The number of hydrogen-bond acceptors (Lipinski definition) is 2. The molecule has 1 amide bonds. The maximum atomic E-state index is 12.3. The Labute approximate surface area is 137 Å². The number of carbonyl (C=O) groups excluding carboxylic acids is 1. The lowest BCUT2D eigenvalue weighted by atomic mass is 9.78. The molecule has 1 aliphatic rings. The van der Waals surface area contributed by atoms with Crippen molar-refractivity contribution >= 4 is 11.9 Å². The fourth-order valence-corrected chi connectivity index (χ4v) is 3.20. The van der Waals surface area contributed by atoms with Crippen LogP contribution in [-0.2, 0) is 9.59 Å². The highest BCUT2D eigenvalue weighted by atomic mass is 16.4. The van der Waals surface area contributed by atoms with Crippen LogP contribution in [0.1, 0.15) is 50.5 Å². The monoisotopic (exact) mass is 315 g/mol. The van der Waals surface area contributed by atoms with Gasteiger partial charge in [0.2, 0.25) is 5.91 Å². The van der Waals surface area contributed by atoms with E-state index >= 15 is 0 Å². The second-order valence-corrected chi connectivity index (χ2v) is 6.16. The van der Waals surface area contributed by atoms with Crippen molar-refractivity contribution in [2.24, 2.45) is 5.92 Å². The Balaban J connectivity index is 1.86. The van der Waals surface area contributed by atoms with E-state index in [0.717, 1.165) is 25.7 Å². The van der Waals surface area contributed by atoms with Crippen LogP contribution in [-0.4, -0.2) is 23.0 Å². The van der Waals surface area contributed by atoms with Gasteiger partial charge >= 0.3 is 5.97 Å². The van der Waals surface area contributed by atoms with Crippen LogP contribution in [0.15, 0.2) is 42.5 Å². The standard InChI is InChI=1S/C19H25NO3/c1-2-3-9-17(19(22)23)20-18(21)16-12-10-15(11-13-16)14-7-5-4-6-8-14/h2-8,15-17H,9-13H2,1H3,(H,20,21)(H,22,23)/b3-2+. The molecule has 4 nitrogen and oxygen atoms in total. The third kappa shape index (κ3) is 4.95. The number of benzene rings is 1. The highest BCUT2D eigenvalue weighted by Crippen LogP contribution is 2.35. The summed E-state index contributed by atoms with van der Waals surface area (Å²) in [5, 5.41) is 11.9. The minimum Gasteiger partial charge on any atom is -0.480 e. The number of allylic oxidation sites excluding steroid dienone is 1. The molecule has 0 aliphatic heterocycles. The first-order chi connectivity index (χ1) is 11.1. The predicted octanol–water partition coefficient (Wildman–Crippen LogP) is 3.50. The average molecular weight is 315 g/mol. The first kappa shape index (κ1) is 17.3. The highest BCUT2D eigenvalue weighted by Gasteiger charge is 2.29. The van der Waals surface area contributed by atoms with Gasteiger partial charge in [-0.3, -0.25) is 4.79 Å². The van der Waals surface area contributed by atoms with Crippen LogP contribution in [0, 0.1) is 5.92 Å². The lowest BCUT2D eigenvalue weighted by Gasteiger charge is -2.28. The molecular formula is C19H25NO3. The summed E-state index contributed by atoms with van der Waals surface area (Å²) in [4.78, 5) is 23.5. The summed E-state index contributed by atoms with van der Waals surface area (Å²) >= 11 is 0. The van der Waals surface area contributed by atoms with E-state index in [1.807, 2.05) is 25.1 Å². The molecule has 0 bridgehead atoms. The van der Waals surface area contributed by atoms with Gasteiger partial charge in [-0.1, -0.05) is 42.5 Å². The number of nitrogens with one attached hydrogen (secondary N) is 1. The van der Waals surface area contributed by atoms with E-state index in [0.29, 0.717) is 12.3 Å². The third-order valence-electron chi connectivity index (χ3n) is 4.59. The predicted molar refractivity (Wildman–Crippen MR) is 90.1 cm³/mol. The van der Waals surface area contributed by atoms with Crippen molar-refractivity contribution in [1.29, 1.82) is 0 Å². The lowest BCUT2D eigenvalue weighted by molar-refractivity contribution is -0.142. The van der Waals surface area contributed by atoms with E-state index in [2.05, 4.69) is 17.4 Å². The Kier molecular flexibility index (Phi) is 6.39. The van der Waals surface area contributed by atoms with Gasteiger partial charge in [-0.05, 0) is 50.5 Å².